The Morgan fingerprint density at radius 2 is 1.86 bits per heavy atom. The second-order valence-electron chi connectivity index (χ2n) is 7.48. The molecule has 0 spiro atoms. The van der Waals surface area contributed by atoms with Crippen LogP contribution in [0.3, 0.4) is 0 Å². The lowest BCUT2D eigenvalue weighted by Crippen LogP contribution is -2.48. The van der Waals surface area contributed by atoms with Crippen LogP contribution in [0.2, 0.25) is 0 Å². The Bertz CT molecular complexity index is 417. The van der Waals surface area contributed by atoms with Gasteiger partial charge in [-0.25, -0.2) is 4.79 Å². The fraction of sp³-hybridized carbons (Fsp3) is 0.882. The van der Waals surface area contributed by atoms with Gasteiger partial charge in [-0.3, -0.25) is 4.79 Å². The second-order valence-corrected chi connectivity index (χ2v) is 7.48. The van der Waals surface area contributed by atoms with Crippen molar-refractivity contribution in [2.24, 2.45) is 5.92 Å². The molecule has 2 atom stereocenters. The van der Waals surface area contributed by atoms with Crippen LogP contribution in [0.5, 0.6) is 0 Å². The van der Waals surface area contributed by atoms with E-state index in [2.05, 4.69) is 4.90 Å². The van der Waals surface area contributed by atoms with Crippen molar-refractivity contribution in [2.45, 2.75) is 71.4 Å². The fourth-order valence-electron chi connectivity index (χ4n) is 3.55. The Morgan fingerprint density at radius 3 is 2.50 bits per heavy atom. The molecule has 0 N–H and O–H groups in total. The number of hydrogen-bond acceptors (Lipinski definition) is 3. The zero-order valence-electron chi connectivity index (χ0n) is 14.4. The molecule has 0 aromatic carbocycles. The van der Waals surface area contributed by atoms with Crippen molar-refractivity contribution < 1.29 is 14.3 Å². The molecular formula is C17H30N2O3. The summed E-state index contributed by atoms with van der Waals surface area (Å²) < 4.78 is 5.46. The van der Waals surface area contributed by atoms with Crippen molar-refractivity contribution in [1.29, 1.82) is 0 Å². The van der Waals surface area contributed by atoms with Crippen molar-refractivity contribution in [2.75, 3.05) is 19.6 Å². The normalized spacial score (nSPS) is 26.2. The molecule has 22 heavy (non-hydrogen) atoms. The predicted molar refractivity (Wildman–Crippen MR) is 85.6 cm³/mol. The van der Waals surface area contributed by atoms with Crippen LogP contribution in [0, 0.1) is 5.92 Å². The summed E-state index contributed by atoms with van der Waals surface area (Å²) in [5.74, 6) is 0.642. The van der Waals surface area contributed by atoms with Crippen molar-refractivity contribution in [3.05, 3.63) is 0 Å². The highest BCUT2D eigenvalue weighted by Crippen LogP contribution is 2.31. The maximum absolute atomic E-state index is 12.2. The van der Waals surface area contributed by atoms with Gasteiger partial charge < -0.3 is 14.5 Å². The molecule has 2 aliphatic rings. The summed E-state index contributed by atoms with van der Waals surface area (Å²) in [6.45, 7) is 9.93. The van der Waals surface area contributed by atoms with E-state index in [9.17, 15) is 9.59 Å². The Labute approximate surface area is 134 Å². The Morgan fingerprint density at radius 1 is 1.14 bits per heavy atom. The van der Waals surface area contributed by atoms with Gasteiger partial charge in [-0.15, -0.1) is 0 Å². The summed E-state index contributed by atoms with van der Waals surface area (Å²) in [5.41, 5.74) is -0.454. The minimum atomic E-state index is -0.454. The average Bonchev–Trinajstić information content (AvgIpc) is 2.94. The fourth-order valence-corrected chi connectivity index (χ4v) is 3.55. The number of piperidine rings is 1. The maximum atomic E-state index is 12.2. The first-order valence-corrected chi connectivity index (χ1v) is 8.59. The van der Waals surface area contributed by atoms with E-state index in [1.807, 2.05) is 27.7 Å². The van der Waals surface area contributed by atoms with Gasteiger partial charge in [0.05, 0.1) is 0 Å². The summed E-state index contributed by atoms with van der Waals surface area (Å²) in [4.78, 5) is 28.2. The van der Waals surface area contributed by atoms with E-state index in [0.717, 1.165) is 32.4 Å². The first kappa shape index (κ1) is 17.1. The van der Waals surface area contributed by atoms with Gasteiger partial charge in [0, 0.05) is 32.1 Å². The molecule has 0 bridgehead atoms. The molecule has 2 fully saturated rings. The van der Waals surface area contributed by atoms with Crippen LogP contribution in [0.25, 0.3) is 0 Å². The van der Waals surface area contributed by atoms with Crippen LogP contribution in [-0.4, -0.2) is 53.1 Å². The van der Waals surface area contributed by atoms with Gasteiger partial charge in [0.1, 0.15) is 5.60 Å². The number of ether oxygens (including phenoxy) is 1. The third-order valence-corrected chi connectivity index (χ3v) is 4.59. The van der Waals surface area contributed by atoms with Crippen molar-refractivity contribution in [1.82, 2.24) is 9.80 Å². The van der Waals surface area contributed by atoms with Crippen LogP contribution < -0.4 is 0 Å². The average molecular weight is 310 g/mol. The topological polar surface area (TPSA) is 49.9 Å². The molecule has 126 valence electrons. The third kappa shape index (κ3) is 4.14. The number of amides is 2. The van der Waals surface area contributed by atoms with E-state index in [4.69, 9.17) is 4.74 Å². The molecule has 0 unspecified atom stereocenters. The SMILES string of the molecule is CCC(=O)N1CCCC[C@H]1[C@H]1CCN(C(=O)OC(C)(C)C)C1. The molecule has 5 nitrogen and oxygen atoms in total. The standard InChI is InChI=1S/C17H30N2O3/c1-5-15(20)19-10-7-6-8-14(19)13-9-11-18(12-13)16(21)22-17(2,3)4/h13-14H,5-12H2,1-4H3/t13-,14-/m0/s1. The molecule has 0 aromatic rings. The van der Waals surface area contributed by atoms with Gasteiger partial charge in [-0.2, -0.15) is 0 Å². The first-order chi connectivity index (χ1) is 10.3. The Hall–Kier alpha value is -1.26. The van der Waals surface area contributed by atoms with Crippen LogP contribution in [0.1, 0.15) is 59.8 Å². The third-order valence-electron chi connectivity index (χ3n) is 4.59. The second kappa shape index (κ2) is 6.88. The highest BCUT2D eigenvalue weighted by atomic mass is 16.6. The van der Waals surface area contributed by atoms with Crippen LogP contribution >= 0.6 is 0 Å². The van der Waals surface area contributed by atoms with Gasteiger partial charge in [-0.1, -0.05) is 6.92 Å². The molecule has 2 amide bonds. The lowest BCUT2D eigenvalue weighted by Gasteiger charge is -2.39. The number of hydrogen-bond donors (Lipinski definition) is 0. The zero-order chi connectivity index (χ0) is 16.3. The number of rotatable bonds is 2. The largest absolute Gasteiger partial charge is 0.444 e. The molecule has 2 aliphatic heterocycles. The molecule has 0 aliphatic carbocycles. The highest BCUT2D eigenvalue weighted by molar-refractivity contribution is 5.76. The summed E-state index contributed by atoms with van der Waals surface area (Å²) in [6, 6.07) is 0.300. The molecule has 0 saturated carbocycles. The van der Waals surface area contributed by atoms with Gasteiger partial charge in [0.15, 0.2) is 0 Å². The van der Waals surface area contributed by atoms with E-state index in [1.54, 1.807) is 4.90 Å². The quantitative estimate of drug-likeness (QED) is 0.787. The number of carbonyl (C=O) groups excluding carboxylic acids is 2. The molecule has 0 radical (unpaired) electrons. The molecule has 0 aromatic heterocycles. The van der Waals surface area contributed by atoms with E-state index in [0.29, 0.717) is 24.9 Å². The minimum Gasteiger partial charge on any atom is -0.444 e. The van der Waals surface area contributed by atoms with Gasteiger partial charge in [0.2, 0.25) is 5.91 Å². The van der Waals surface area contributed by atoms with E-state index < -0.39 is 5.60 Å². The van der Waals surface area contributed by atoms with Crippen molar-refractivity contribution in [3.63, 3.8) is 0 Å². The minimum absolute atomic E-state index is 0.223. The molecule has 5 heteroatoms. The lowest BCUT2D eigenvalue weighted by atomic mass is 9.89. The smallest absolute Gasteiger partial charge is 0.410 e. The van der Waals surface area contributed by atoms with E-state index >= 15 is 0 Å². The summed E-state index contributed by atoms with van der Waals surface area (Å²) >= 11 is 0. The zero-order valence-corrected chi connectivity index (χ0v) is 14.4. The number of likely N-dealkylation sites (tertiary alicyclic amines) is 2. The van der Waals surface area contributed by atoms with Crippen LogP contribution in [-0.2, 0) is 9.53 Å². The van der Waals surface area contributed by atoms with Crippen molar-refractivity contribution >= 4 is 12.0 Å². The van der Waals surface area contributed by atoms with Gasteiger partial charge >= 0.3 is 6.09 Å². The molecule has 2 rings (SSSR count). The lowest BCUT2D eigenvalue weighted by molar-refractivity contribution is -0.135. The summed E-state index contributed by atoms with van der Waals surface area (Å²) in [6.07, 6.45) is 4.67. The molecule has 2 heterocycles. The highest BCUT2D eigenvalue weighted by Gasteiger charge is 2.38. The monoisotopic (exact) mass is 310 g/mol. The summed E-state index contributed by atoms with van der Waals surface area (Å²) in [5, 5.41) is 0. The predicted octanol–water partition coefficient (Wildman–Crippen LogP) is 3.03. The molecule has 2 saturated heterocycles. The van der Waals surface area contributed by atoms with Crippen molar-refractivity contribution in [3.8, 4) is 0 Å². The summed E-state index contributed by atoms with van der Waals surface area (Å²) in [7, 11) is 0. The Balaban J connectivity index is 1.96. The first-order valence-electron chi connectivity index (χ1n) is 8.59. The maximum Gasteiger partial charge on any atom is 0.410 e. The molecular weight excluding hydrogens is 280 g/mol. The Kier molecular flexibility index (Phi) is 5.35. The van der Waals surface area contributed by atoms with Crippen LogP contribution in [0.15, 0.2) is 0 Å². The number of carbonyl (C=O) groups is 2. The van der Waals surface area contributed by atoms with E-state index in [-0.39, 0.29) is 12.0 Å². The van der Waals surface area contributed by atoms with Crippen LogP contribution in [0.4, 0.5) is 4.79 Å². The van der Waals surface area contributed by atoms with E-state index in [1.165, 1.54) is 6.42 Å². The number of nitrogens with zero attached hydrogens (tertiary/aromatic N) is 2. The van der Waals surface area contributed by atoms with Gasteiger partial charge in [-0.05, 0) is 52.4 Å². The van der Waals surface area contributed by atoms with Gasteiger partial charge in [0.25, 0.3) is 0 Å².